The number of hydrogen-bond donors (Lipinski definition) is 0. The highest BCUT2D eigenvalue weighted by Crippen LogP contribution is 2.60. The van der Waals surface area contributed by atoms with Gasteiger partial charge in [0, 0.05) is 0 Å². The Kier molecular flexibility index (Phi) is 7.98. The van der Waals surface area contributed by atoms with Crippen LogP contribution in [0.1, 0.15) is 5.56 Å². The topological polar surface area (TPSA) is 71.4 Å². The van der Waals surface area contributed by atoms with Crippen molar-refractivity contribution in [2.45, 2.75) is 6.16 Å². The number of nitrogens with zero attached hydrogens (tertiary/aromatic N) is 3. The van der Waals surface area contributed by atoms with E-state index in [1.54, 1.807) is 0 Å². The van der Waals surface area contributed by atoms with Crippen molar-refractivity contribution in [3.63, 3.8) is 0 Å². The van der Waals surface area contributed by atoms with E-state index in [1.165, 1.54) is 0 Å². The lowest BCUT2D eigenvalue weighted by Gasteiger charge is -2.19. The molecule has 0 aromatic heterocycles. The van der Waals surface area contributed by atoms with E-state index in [9.17, 15) is 0 Å². The standard InChI is InChI=1S/C13H13N3P.BrH/c14-6-9-17(10-7-15,11-8-16)12-13-4-2-1-3-5-13;/h1-5H,9-12H2;1H/q+1;/p-1. The second kappa shape index (κ2) is 8.66. The average Bonchev–Trinajstić information content (AvgIpc) is 2.31. The van der Waals surface area contributed by atoms with Crippen LogP contribution >= 0.6 is 7.26 Å². The van der Waals surface area contributed by atoms with Gasteiger partial charge >= 0.3 is 0 Å². The molecule has 0 aliphatic carbocycles. The van der Waals surface area contributed by atoms with Gasteiger partial charge in [0.1, 0.15) is 36.7 Å². The zero-order chi connectivity index (χ0) is 12.6. The first-order valence-corrected chi connectivity index (χ1v) is 7.79. The van der Waals surface area contributed by atoms with Gasteiger partial charge in [-0.25, -0.2) is 0 Å². The molecule has 1 rings (SSSR count). The van der Waals surface area contributed by atoms with Crippen LogP contribution in [0.25, 0.3) is 0 Å². The Morgan fingerprint density at radius 1 is 0.833 bits per heavy atom. The molecule has 0 atom stereocenters. The van der Waals surface area contributed by atoms with Gasteiger partial charge in [0.25, 0.3) is 0 Å². The van der Waals surface area contributed by atoms with Crippen LogP contribution in [-0.4, -0.2) is 18.5 Å². The van der Waals surface area contributed by atoms with Crippen LogP contribution in [0.2, 0.25) is 0 Å². The second-order valence-corrected chi connectivity index (χ2v) is 7.88. The Morgan fingerprint density at radius 2 is 1.28 bits per heavy atom. The van der Waals surface area contributed by atoms with Crippen LogP contribution in [0.15, 0.2) is 30.3 Å². The maximum absolute atomic E-state index is 8.89. The van der Waals surface area contributed by atoms with E-state index < -0.39 is 7.26 Å². The molecule has 0 saturated carbocycles. The molecule has 3 nitrogen and oxygen atoms in total. The van der Waals surface area contributed by atoms with Crippen LogP contribution in [-0.2, 0) is 6.16 Å². The summed E-state index contributed by atoms with van der Waals surface area (Å²) in [5.41, 5.74) is 1.11. The summed E-state index contributed by atoms with van der Waals surface area (Å²) in [5, 5.41) is 26.7. The first-order chi connectivity index (χ1) is 8.26. The summed E-state index contributed by atoms with van der Waals surface area (Å²) in [6.07, 6.45) is 1.76. The predicted octanol–water partition coefficient (Wildman–Crippen LogP) is -0.221. The first-order valence-electron chi connectivity index (χ1n) is 5.26. The van der Waals surface area contributed by atoms with Gasteiger partial charge < -0.3 is 17.0 Å². The second-order valence-electron chi connectivity index (χ2n) is 3.93. The fourth-order valence-corrected chi connectivity index (χ4v) is 4.31. The van der Waals surface area contributed by atoms with E-state index in [2.05, 4.69) is 18.2 Å². The van der Waals surface area contributed by atoms with Gasteiger partial charge in [0.2, 0.25) is 0 Å². The van der Waals surface area contributed by atoms with Gasteiger partial charge in [-0.1, -0.05) is 30.3 Å². The molecule has 0 N–H and O–H groups in total. The van der Waals surface area contributed by atoms with E-state index in [1.807, 2.05) is 30.3 Å². The lowest BCUT2D eigenvalue weighted by atomic mass is 10.2. The minimum Gasteiger partial charge on any atom is -1.00 e. The average molecular weight is 322 g/mol. The number of benzene rings is 1. The minimum atomic E-state index is -1.80. The fourth-order valence-electron chi connectivity index (χ4n) is 1.76. The summed E-state index contributed by atoms with van der Waals surface area (Å²) >= 11 is 0. The zero-order valence-corrected chi connectivity index (χ0v) is 12.4. The first kappa shape index (κ1) is 16.6. The van der Waals surface area contributed by atoms with Crippen molar-refractivity contribution in [2.24, 2.45) is 0 Å². The molecule has 92 valence electrons. The van der Waals surface area contributed by atoms with Gasteiger partial charge in [0.15, 0.2) is 0 Å². The molecule has 0 amide bonds. The molecule has 1 aromatic carbocycles. The highest BCUT2D eigenvalue weighted by molar-refractivity contribution is 7.75. The van der Waals surface area contributed by atoms with Gasteiger partial charge in [-0.15, -0.1) is 0 Å². The maximum atomic E-state index is 8.89. The molecule has 0 aliphatic heterocycles. The molecule has 18 heavy (non-hydrogen) atoms. The zero-order valence-electron chi connectivity index (χ0n) is 9.88. The minimum absolute atomic E-state index is 0. The molecule has 1 aromatic rings. The Hall–Kier alpha value is -1.40. The quantitative estimate of drug-likeness (QED) is 0.704. The molecule has 0 saturated heterocycles. The highest BCUT2D eigenvalue weighted by atomic mass is 79.9. The van der Waals surface area contributed by atoms with Crippen molar-refractivity contribution in [1.29, 1.82) is 15.8 Å². The summed E-state index contributed by atoms with van der Waals surface area (Å²) in [6.45, 7) is 0. The summed E-state index contributed by atoms with van der Waals surface area (Å²) in [7, 11) is -1.80. The molecule has 0 unspecified atom stereocenters. The molecule has 5 heteroatoms. The number of hydrogen-bond acceptors (Lipinski definition) is 3. The van der Waals surface area contributed by atoms with E-state index in [0.29, 0.717) is 24.6 Å². The van der Waals surface area contributed by atoms with Crippen molar-refractivity contribution in [1.82, 2.24) is 0 Å². The molecule has 0 spiro atoms. The largest absolute Gasteiger partial charge is 1.00 e. The van der Waals surface area contributed by atoms with Gasteiger partial charge in [-0.2, -0.15) is 15.8 Å². The van der Waals surface area contributed by atoms with Crippen LogP contribution in [0.3, 0.4) is 0 Å². The summed E-state index contributed by atoms with van der Waals surface area (Å²) in [6, 6.07) is 16.2. The molecular formula is C13H13BrN3P. The van der Waals surface area contributed by atoms with Crippen molar-refractivity contribution >= 4 is 7.26 Å². The Morgan fingerprint density at radius 3 is 1.67 bits per heavy atom. The van der Waals surface area contributed by atoms with Crippen LogP contribution < -0.4 is 17.0 Å². The predicted molar refractivity (Wildman–Crippen MR) is 68.5 cm³/mol. The SMILES string of the molecule is N#CC[P+](CC#N)(CC#N)Cc1ccccc1.[Br-]. The summed E-state index contributed by atoms with van der Waals surface area (Å²) in [4.78, 5) is 0. The highest BCUT2D eigenvalue weighted by Gasteiger charge is 2.37. The van der Waals surface area contributed by atoms with Crippen LogP contribution in [0.5, 0.6) is 0 Å². The smallest absolute Gasteiger partial charge is 0.147 e. The molecule has 0 bridgehead atoms. The van der Waals surface area contributed by atoms with Crippen molar-refractivity contribution < 1.29 is 17.0 Å². The monoisotopic (exact) mass is 321 g/mol. The maximum Gasteiger partial charge on any atom is 0.147 e. The molecule has 0 radical (unpaired) electrons. The number of halogens is 1. The normalized spacial score (nSPS) is 9.39. The lowest BCUT2D eigenvalue weighted by Crippen LogP contribution is -3.00. The Balaban J connectivity index is 0.00000289. The van der Waals surface area contributed by atoms with E-state index >= 15 is 0 Å². The third kappa shape index (κ3) is 4.85. The Bertz CT molecular complexity index is 441. The van der Waals surface area contributed by atoms with Crippen molar-refractivity contribution in [3.8, 4) is 18.2 Å². The number of nitriles is 3. The van der Waals surface area contributed by atoms with Gasteiger partial charge in [-0.05, 0) is 5.56 Å². The summed E-state index contributed by atoms with van der Waals surface area (Å²) < 4.78 is 0. The van der Waals surface area contributed by atoms with E-state index in [0.717, 1.165) is 5.56 Å². The van der Waals surface area contributed by atoms with Gasteiger partial charge in [-0.3, -0.25) is 0 Å². The third-order valence-electron chi connectivity index (χ3n) is 2.58. The fraction of sp³-hybridized carbons (Fsp3) is 0.308. The van der Waals surface area contributed by atoms with Gasteiger partial charge in [0.05, 0.1) is 13.4 Å². The van der Waals surface area contributed by atoms with Crippen LogP contribution in [0, 0.1) is 34.0 Å². The molecule has 0 heterocycles. The molecule has 0 aliphatic rings. The molecule has 0 fully saturated rings. The Labute approximate surface area is 119 Å². The number of rotatable bonds is 5. The van der Waals surface area contributed by atoms with Crippen LogP contribution in [0.4, 0.5) is 0 Å². The third-order valence-corrected chi connectivity index (χ3v) is 6.05. The summed E-state index contributed by atoms with van der Waals surface area (Å²) in [5.74, 6) is 0. The van der Waals surface area contributed by atoms with Crippen molar-refractivity contribution in [2.75, 3.05) is 18.5 Å². The van der Waals surface area contributed by atoms with Crippen molar-refractivity contribution in [3.05, 3.63) is 35.9 Å². The molecular weight excluding hydrogens is 309 g/mol. The lowest BCUT2D eigenvalue weighted by molar-refractivity contribution is -0.00000442. The van der Waals surface area contributed by atoms with E-state index in [-0.39, 0.29) is 17.0 Å². The van der Waals surface area contributed by atoms with E-state index in [4.69, 9.17) is 15.8 Å².